The molecule has 0 aromatic heterocycles. The second-order valence-corrected chi connectivity index (χ2v) is 24.9. The van der Waals surface area contributed by atoms with Crippen LogP contribution in [-0.2, 0) is 38.0 Å². The Labute approximate surface area is 447 Å². The van der Waals surface area contributed by atoms with Crippen LogP contribution < -0.4 is 0 Å². The van der Waals surface area contributed by atoms with Crippen molar-refractivity contribution < 1.29 is 120 Å². The maximum absolute atomic E-state index is 14.3. The van der Waals surface area contributed by atoms with E-state index in [4.69, 9.17) is 38.3 Å². The van der Waals surface area contributed by atoms with Crippen LogP contribution in [0, 0.1) is 44.3 Å². The van der Waals surface area contributed by atoms with Gasteiger partial charge in [-0.1, -0.05) is 45.4 Å². The molecule has 24 nitrogen and oxygen atoms in total. The van der Waals surface area contributed by atoms with Gasteiger partial charge < -0.3 is 115 Å². The summed E-state index contributed by atoms with van der Waals surface area (Å²) in [4.78, 5) is 14.3. The van der Waals surface area contributed by atoms with Crippen LogP contribution in [0.5, 0.6) is 0 Å². The molecule has 0 aromatic rings. The van der Waals surface area contributed by atoms with Crippen molar-refractivity contribution in [2.24, 2.45) is 44.3 Å². The Bertz CT molecular complexity index is 2130. The van der Waals surface area contributed by atoms with E-state index >= 15 is 0 Å². The van der Waals surface area contributed by atoms with E-state index in [1.807, 2.05) is 6.92 Å². The predicted molar refractivity (Wildman–Crippen MR) is 262 cm³/mol. The largest absolute Gasteiger partial charge is 0.462 e. The first-order chi connectivity index (χ1) is 36.1. The summed E-state index contributed by atoms with van der Waals surface area (Å²) in [5.41, 5.74) is -3.22. The molecule has 0 spiro atoms. The highest BCUT2D eigenvalue weighted by atomic mass is 16.7. The van der Waals surface area contributed by atoms with Crippen molar-refractivity contribution in [3.63, 3.8) is 0 Å². The Kier molecular flexibility index (Phi) is 18.0. The molecule has 0 unspecified atom stereocenters. The molecule has 24 heteroatoms. The highest BCUT2D eigenvalue weighted by Crippen LogP contribution is 2.74. The molecule has 6 fully saturated rings. The average Bonchev–Trinajstić information content (AvgIpc) is 3.53. The van der Waals surface area contributed by atoms with Crippen molar-refractivity contribution in [2.45, 2.75) is 216 Å². The summed E-state index contributed by atoms with van der Waals surface area (Å²) in [5, 5.41) is 170. The van der Waals surface area contributed by atoms with E-state index in [1.165, 1.54) is 0 Å². The van der Waals surface area contributed by atoms with Crippen LogP contribution in [0.15, 0.2) is 23.3 Å². The summed E-state index contributed by atoms with van der Waals surface area (Å²) in [6.45, 7) is 8.23. The first-order valence-electron chi connectivity index (χ1n) is 27.2. The molecule has 3 saturated carbocycles. The van der Waals surface area contributed by atoms with Crippen molar-refractivity contribution in [3.05, 3.63) is 23.3 Å². The van der Waals surface area contributed by atoms with E-state index in [0.717, 1.165) is 11.1 Å². The fourth-order valence-corrected chi connectivity index (χ4v) is 15.2. The van der Waals surface area contributed by atoms with Crippen LogP contribution in [-0.4, -0.2) is 250 Å². The molecule has 3 aliphatic heterocycles. The molecule has 5 aliphatic carbocycles. The van der Waals surface area contributed by atoms with Crippen molar-refractivity contribution in [2.75, 3.05) is 39.6 Å². The highest BCUT2D eigenvalue weighted by Gasteiger charge is 2.69. The number of allylic oxidation sites excluding steroid dienone is 3. The van der Waals surface area contributed by atoms with Gasteiger partial charge in [0, 0.05) is 16.2 Å². The van der Waals surface area contributed by atoms with Gasteiger partial charge in [0.15, 0.2) is 18.9 Å². The molecule has 0 radical (unpaired) electrons. The molecule has 16 N–H and O–H groups in total. The van der Waals surface area contributed by atoms with Gasteiger partial charge in [0.05, 0.1) is 56.8 Å². The number of aliphatic hydroxyl groups is 16. The first kappa shape index (κ1) is 61.1. The fraction of sp³-hybridized carbons (Fsp3) is 0.906. The summed E-state index contributed by atoms with van der Waals surface area (Å²) >= 11 is 0. The molecule has 77 heavy (non-hydrogen) atoms. The Balaban J connectivity index is 1.000. The zero-order valence-electron chi connectivity index (χ0n) is 44.7. The summed E-state index contributed by atoms with van der Waals surface area (Å²) < 4.78 is 40.9. The van der Waals surface area contributed by atoms with Crippen molar-refractivity contribution in [3.8, 4) is 0 Å². The number of hydrogen-bond acceptors (Lipinski definition) is 24. The Hall–Kier alpha value is -1.93. The lowest BCUT2D eigenvalue weighted by molar-refractivity contribution is -0.367. The first-order valence-corrected chi connectivity index (χ1v) is 27.2. The minimum atomic E-state index is -1.84. The van der Waals surface area contributed by atoms with Gasteiger partial charge >= 0.3 is 5.97 Å². The quantitative estimate of drug-likeness (QED) is 0.0519. The minimum Gasteiger partial charge on any atom is -0.462 e. The molecule has 0 amide bonds. The topological polar surface area (TPSA) is 405 Å². The lowest BCUT2D eigenvalue weighted by atomic mass is 9.35. The molecule has 0 bridgehead atoms. The molecule has 8 rings (SSSR count). The number of carbonyl (C=O) groups is 1. The molecule has 0 aromatic carbocycles. The normalized spacial score (nSPS) is 51.1. The molecular weight excluding hydrogens is 1020 g/mol. The SMILES string of the molecule is C[C@@H]1O[C@@H](O[C@H]2CC[C@]3(C)[C@H](CC[C@@]4(C)[C@@H]3C=CC3=C5C[C@@](C)(C(=O)OC[C@H]6O[C@@H](OC[C@H](O)[C@H](O)[C@H](O)CO)[C@H](O)[C@@H](O)[C@H]6O)CC[C@@]5(CO)[C@H](O)C[C@@]34C)[C@@]2(C)CO)[C@H](O)[C@@H](O[C@@H]2O[C@H](CO)[C@H](O)[C@H](O)[C@@H]2O)[C@@H]1O. The van der Waals surface area contributed by atoms with Crippen molar-refractivity contribution >= 4 is 5.97 Å². The molecule has 3 heterocycles. The van der Waals surface area contributed by atoms with Crippen LogP contribution >= 0.6 is 0 Å². The predicted octanol–water partition coefficient (Wildman–Crippen LogP) is -3.90. The van der Waals surface area contributed by atoms with Gasteiger partial charge in [0.1, 0.15) is 92.1 Å². The maximum Gasteiger partial charge on any atom is 0.312 e. The third kappa shape index (κ3) is 10.1. The molecule has 442 valence electrons. The summed E-state index contributed by atoms with van der Waals surface area (Å²) in [6.07, 6.45) is -23.2. The average molecular weight is 1110 g/mol. The zero-order chi connectivity index (χ0) is 56.7. The smallest absolute Gasteiger partial charge is 0.312 e. The van der Waals surface area contributed by atoms with Crippen LogP contribution in [0.2, 0.25) is 0 Å². The molecular formula is C53H86O24. The molecule has 3 saturated heterocycles. The van der Waals surface area contributed by atoms with Gasteiger partial charge in [-0.2, -0.15) is 0 Å². The van der Waals surface area contributed by atoms with Crippen molar-refractivity contribution in [1.29, 1.82) is 0 Å². The lowest BCUT2D eigenvalue weighted by Crippen LogP contribution is -2.67. The van der Waals surface area contributed by atoms with Gasteiger partial charge in [-0.15, -0.1) is 0 Å². The van der Waals surface area contributed by atoms with Gasteiger partial charge in [-0.3, -0.25) is 4.79 Å². The number of aliphatic hydroxyl groups excluding tert-OH is 16. The Morgan fingerprint density at radius 1 is 0.701 bits per heavy atom. The van der Waals surface area contributed by atoms with E-state index in [0.29, 0.717) is 32.1 Å². The van der Waals surface area contributed by atoms with Crippen LogP contribution in [0.3, 0.4) is 0 Å². The number of esters is 1. The highest BCUT2D eigenvalue weighted by molar-refractivity contribution is 5.77. The number of carbonyl (C=O) groups excluding carboxylic acids is 1. The van der Waals surface area contributed by atoms with Gasteiger partial charge in [-0.05, 0) is 93.5 Å². The maximum atomic E-state index is 14.3. The van der Waals surface area contributed by atoms with E-state index in [1.54, 1.807) is 13.8 Å². The molecule has 28 atom stereocenters. The second-order valence-electron chi connectivity index (χ2n) is 24.9. The monoisotopic (exact) mass is 1110 g/mol. The number of hydrogen-bond donors (Lipinski definition) is 16. The van der Waals surface area contributed by atoms with E-state index in [9.17, 15) is 81.4 Å². The van der Waals surface area contributed by atoms with Crippen LogP contribution in [0.25, 0.3) is 0 Å². The fourth-order valence-electron chi connectivity index (χ4n) is 15.2. The van der Waals surface area contributed by atoms with E-state index in [2.05, 4.69) is 32.9 Å². The number of fused-ring (bicyclic) bond motifs is 6. The van der Waals surface area contributed by atoms with E-state index < -0.39 is 188 Å². The second kappa shape index (κ2) is 22.7. The minimum absolute atomic E-state index is 0.0984. The summed E-state index contributed by atoms with van der Waals surface area (Å²) in [7, 11) is 0. The lowest BCUT2D eigenvalue weighted by Gasteiger charge is -2.70. The van der Waals surface area contributed by atoms with Gasteiger partial charge in [-0.25, -0.2) is 0 Å². The third-order valence-electron chi connectivity index (χ3n) is 20.6. The third-order valence-corrected chi connectivity index (χ3v) is 20.6. The van der Waals surface area contributed by atoms with Crippen molar-refractivity contribution in [1.82, 2.24) is 0 Å². The number of ether oxygens (including phenoxy) is 7. The summed E-state index contributed by atoms with van der Waals surface area (Å²) in [5.74, 6) is -0.960. The standard InChI is InChI=1S/C53H86O24/c1-23-34(61)43(77-45-41(68)38(65)36(63)28(18-55)74-45)42(69)46(73-23)76-33-10-11-49(3)30(50(33,4)21-56)9-12-51(5)31(49)8-7-24-25-15-48(2,13-14-53(25,22-57)32(60)16-52(24,51)6)47(70)72-20-29-37(64)39(66)40(67)44(75-29)71-19-27(59)35(62)26(58)17-54/h7-8,23,26-46,54-69H,9-22H2,1-6H3/t23-,26+,27-,28+,29+,30-,31+,32+,33-,34+,35+,36-,37-,38-,39-,40+,41-,42+,43-,44+,45-,46-,48-,49+,50+,51-,52-,53-/m0/s1. The molecule has 8 aliphatic rings. The zero-order valence-corrected chi connectivity index (χ0v) is 44.7. The van der Waals surface area contributed by atoms with Crippen LogP contribution in [0.4, 0.5) is 0 Å². The van der Waals surface area contributed by atoms with Gasteiger partial charge in [0.25, 0.3) is 0 Å². The number of rotatable bonds is 16. The Morgan fingerprint density at radius 3 is 1.97 bits per heavy atom. The van der Waals surface area contributed by atoms with Crippen LogP contribution in [0.1, 0.15) is 92.9 Å². The Morgan fingerprint density at radius 2 is 1.34 bits per heavy atom. The van der Waals surface area contributed by atoms with E-state index in [-0.39, 0.29) is 44.3 Å². The van der Waals surface area contributed by atoms with Gasteiger partial charge in [0.2, 0.25) is 0 Å². The summed E-state index contributed by atoms with van der Waals surface area (Å²) in [6, 6.07) is 0.